The summed E-state index contributed by atoms with van der Waals surface area (Å²) in [7, 11) is 0. The van der Waals surface area contributed by atoms with Crippen LogP contribution in [0.1, 0.15) is 58.6 Å². The summed E-state index contributed by atoms with van der Waals surface area (Å²) in [5.41, 5.74) is 3.19. The van der Waals surface area contributed by atoms with Gasteiger partial charge < -0.3 is 19.9 Å². The van der Waals surface area contributed by atoms with E-state index in [1.54, 1.807) is 0 Å². The Morgan fingerprint density at radius 2 is 2.11 bits per heavy atom. The smallest absolute Gasteiger partial charge is 0.407 e. The third-order valence-electron chi connectivity index (χ3n) is 7.75. The number of aromatic amines is 1. The van der Waals surface area contributed by atoms with Crippen molar-refractivity contribution < 1.29 is 9.53 Å². The number of nitrogens with zero attached hydrogens (tertiary/aromatic N) is 6. The van der Waals surface area contributed by atoms with E-state index >= 15 is 0 Å². The van der Waals surface area contributed by atoms with Gasteiger partial charge in [-0.3, -0.25) is 10.1 Å². The van der Waals surface area contributed by atoms with Crippen molar-refractivity contribution in [2.75, 3.05) is 29.4 Å². The van der Waals surface area contributed by atoms with Crippen LogP contribution in [0.2, 0.25) is 0 Å². The zero-order valence-corrected chi connectivity index (χ0v) is 21.3. The van der Waals surface area contributed by atoms with E-state index < -0.39 is 5.60 Å². The predicted octanol–water partition coefficient (Wildman–Crippen LogP) is 4.11. The number of fused-ring (bicyclic) bond motifs is 2. The second kappa shape index (κ2) is 8.60. The van der Waals surface area contributed by atoms with Crippen LogP contribution in [0.4, 0.5) is 22.1 Å². The second-order valence-electron chi connectivity index (χ2n) is 11.3. The molecule has 5 heterocycles. The lowest BCUT2D eigenvalue weighted by atomic mass is 9.81. The third-order valence-corrected chi connectivity index (χ3v) is 7.75. The number of aryl methyl sites for hydroxylation is 1. The molecule has 190 valence electrons. The first kappa shape index (κ1) is 23.0. The first-order valence-electron chi connectivity index (χ1n) is 13.0. The van der Waals surface area contributed by atoms with Gasteiger partial charge >= 0.3 is 6.09 Å². The molecule has 1 spiro atoms. The van der Waals surface area contributed by atoms with Gasteiger partial charge in [0, 0.05) is 37.3 Å². The van der Waals surface area contributed by atoms with E-state index in [2.05, 4.69) is 36.4 Å². The summed E-state index contributed by atoms with van der Waals surface area (Å²) in [5, 5.41) is 10.9. The van der Waals surface area contributed by atoms with Gasteiger partial charge in [0.25, 0.3) is 0 Å². The van der Waals surface area contributed by atoms with Crippen LogP contribution in [-0.4, -0.2) is 62.5 Å². The van der Waals surface area contributed by atoms with Crippen molar-refractivity contribution in [2.24, 2.45) is 5.41 Å². The van der Waals surface area contributed by atoms with E-state index in [-0.39, 0.29) is 17.6 Å². The number of nitrogens with one attached hydrogen (secondary N) is 2. The summed E-state index contributed by atoms with van der Waals surface area (Å²) < 4.78 is 5.53. The molecule has 1 amide bonds. The predicted molar refractivity (Wildman–Crippen MR) is 138 cm³/mol. The lowest BCUT2D eigenvalue weighted by Gasteiger charge is -2.32. The van der Waals surface area contributed by atoms with E-state index in [4.69, 9.17) is 14.7 Å². The van der Waals surface area contributed by atoms with Gasteiger partial charge in [-0.2, -0.15) is 5.10 Å². The normalized spacial score (nSPS) is 23.9. The van der Waals surface area contributed by atoms with Crippen LogP contribution >= 0.6 is 0 Å². The first-order valence-corrected chi connectivity index (χ1v) is 13.0. The lowest BCUT2D eigenvalue weighted by molar-refractivity contribution is 0.0467. The molecule has 1 saturated carbocycles. The van der Waals surface area contributed by atoms with Crippen molar-refractivity contribution in [1.82, 2.24) is 30.5 Å². The number of H-pyrrole nitrogens is 1. The topological polar surface area (TPSA) is 112 Å². The maximum absolute atomic E-state index is 12.5. The minimum absolute atomic E-state index is 0.0389. The molecule has 0 unspecified atom stereocenters. The Labute approximate surface area is 210 Å². The highest BCUT2D eigenvalue weighted by Crippen LogP contribution is 2.46. The van der Waals surface area contributed by atoms with Gasteiger partial charge in [-0.1, -0.05) is 6.42 Å². The zero-order valence-electron chi connectivity index (χ0n) is 21.3. The molecule has 1 saturated heterocycles. The van der Waals surface area contributed by atoms with Crippen molar-refractivity contribution >= 4 is 34.6 Å². The molecule has 3 aliphatic rings. The molecule has 2 N–H and O–H groups in total. The average molecular weight is 491 g/mol. The quantitative estimate of drug-likeness (QED) is 0.564. The Kier molecular flexibility index (Phi) is 5.49. The largest absolute Gasteiger partial charge is 0.444 e. The van der Waals surface area contributed by atoms with E-state index in [9.17, 15) is 4.79 Å². The highest BCUT2D eigenvalue weighted by atomic mass is 16.6. The number of aromatic nitrogens is 5. The number of rotatable bonds is 3. The molecule has 3 aromatic rings. The van der Waals surface area contributed by atoms with E-state index in [1.807, 2.05) is 39.2 Å². The Morgan fingerprint density at radius 3 is 2.97 bits per heavy atom. The van der Waals surface area contributed by atoms with E-state index in [0.717, 1.165) is 86.7 Å². The molecular weight excluding hydrogens is 456 g/mol. The van der Waals surface area contributed by atoms with Gasteiger partial charge in [0.05, 0.1) is 17.6 Å². The summed E-state index contributed by atoms with van der Waals surface area (Å²) in [6.07, 6.45) is 9.58. The molecule has 3 aromatic heterocycles. The van der Waals surface area contributed by atoms with Gasteiger partial charge in [-0.15, -0.1) is 0 Å². The average Bonchev–Trinajstić information content (AvgIpc) is 3.57. The van der Waals surface area contributed by atoms with Crippen LogP contribution < -0.4 is 15.1 Å². The molecule has 6 rings (SSSR count). The van der Waals surface area contributed by atoms with Crippen molar-refractivity contribution in [3.05, 3.63) is 30.2 Å². The summed E-state index contributed by atoms with van der Waals surface area (Å²) >= 11 is 0. The van der Waals surface area contributed by atoms with E-state index in [0.29, 0.717) is 5.65 Å². The standard InChI is InChI=1S/C26H34N8O2/c1-25(2,3)36-24(35)29-19-9-4-10-26(19)11-14-33(16-26)20-15-28-21-22(30-20)31-32-23(21)34-13-6-7-17-18(34)8-5-12-27-17/h5,8,12,15,19H,4,6-7,9-11,13-14,16H2,1-3H3,(H,29,35)(H,30,31,32)/t19-,26-/m0/s1. The monoisotopic (exact) mass is 490 g/mol. The maximum Gasteiger partial charge on any atom is 0.407 e. The molecule has 1 aliphatic carbocycles. The van der Waals surface area contributed by atoms with Crippen LogP contribution in [0.15, 0.2) is 24.5 Å². The Bertz CT molecular complexity index is 1280. The molecular formula is C26H34N8O2. The van der Waals surface area contributed by atoms with Gasteiger partial charge in [0.15, 0.2) is 17.0 Å². The van der Waals surface area contributed by atoms with Gasteiger partial charge in [-0.25, -0.2) is 14.8 Å². The minimum atomic E-state index is -0.502. The summed E-state index contributed by atoms with van der Waals surface area (Å²) in [5.74, 6) is 1.64. The first-order chi connectivity index (χ1) is 17.3. The molecule has 0 bridgehead atoms. The number of alkyl carbamates (subject to hydrolysis) is 1. The fourth-order valence-electron chi connectivity index (χ4n) is 6.13. The molecule has 2 fully saturated rings. The lowest BCUT2D eigenvalue weighted by Crippen LogP contribution is -2.47. The molecule has 10 nitrogen and oxygen atoms in total. The number of carbonyl (C=O) groups is 1. The van der Waals surface area contributed by atoms with Crippen molar-refractivity contribution in [3.63, 3.8) is 0 Å². The van der Waals surface area contributed by atoms with Crippen LogP contribution in [-0.2, 0) is 11.2 Å². The molecule has 10 heteroatoms. The fourth-order valence-corrected chi connectivity index (χ4v) is 6.13. The minimum Gasteiger partial charge on any atom is -0.444 e. The second-order valence-corrected chi connectivity index (χ2v) is 11.3. The van der Waals surface area contributed by atoms with Crippen LogP contribution in [0.25, 0.3) is 11.2 Å². The Balaban J connectivity index is 1.20. The third kappa shape index (κ3) is 4.12. The number of anilines is 3. The highest BCUT2D eigenvalue weighted by molar-refractivity contribution is 5.87. The molecule has 0 aromatic carbocycles. The molecule has 36 heavy (non-hydrogen) atoms. The molecule has 0 radical (unpaired) electrons. The number of hydrogen-bond donors (Lipinski definition) is 2. The maximum atomic E-state index is 12.5. The SMILES string of the molecule is CC(C)(C)OC(=O)N[C@H]1CCC[C@@]12CCN(c1cnc3c(N4CCCc5ncccc54)n[nH]c3n1)C2. The molecule has 2 atom stereocenters. The Morgan fingerprint density at radius 1 is 1.22 bits per heavy atom. The van der Waals surface area contributed by atoms with Crippen molar-refractivity contribution in [1.29, 1.82) is 0 Å². The number of amides is 1. The van der Waals surface area contributed by atoms with Crippen molar-refractivity contribution in [3.8, 4) is 0 Å². The number of hydrogen-bond acceptors (Lipinski definition) is 8. The number of ether oxygens (including phenoxy) is 1. The van der Waals surface area contributed by atoms with E-state index in [1.165, 1.54) is 0 Å². The zero-order chi connectivity index (χ0) is 24.9. The summed E-state index contributed by atoms with van der Waals surface area (Å²) in [6, 6.07) is 4.17. The summed E-state index contributed by atoms with van der Waals surface area (Å²) in [4.78, 5) is 31.2. The van der Waals surface area contributed by atoms with Crippen LogP contribution in [0.5, 0.6) is 0 Å². The van der Waals surface area contributed by atoms with Gasteiger partial charge in [0.1, 0.15) is 11.4 Å². The fraction of sp³-hybridized carbons (Fsp3) is 0.577. The summed E-state index contributed by atoms with van der Waals surface area (Å²) in [6.45, 7) is 8.29. The molecule has 2 aliphatic heterocycles. The highest BCUT2D eigenvalue weighted by Gasteiger charge is 2.48. The Hall–Kier alpha value is -3.43. The van der Waals surface area contributed by atoms with Crippen molar-refractivity contribution in [2.45, 2.75) is 70.9 Å². The van der Waals surface area contributed by atoms with Gasteiger partial charge in [-0.05, 0) is 65.0 Å². The van der Waals surface area contributed by atoms with Crippen LogP contribution in [0.3, 0.4) is 0 Å². The number of carbonyl (C=O) groups excluding carboxylic acids is 1. The van der Waals surface area contributed by atoms with Gasteiger partial charge in [0.2, 0.25) is 0 Å². The number of pyridine rings is 1. The van der Waals surface area contributed by atoms with Crippen LogP contribution in [0, 0.1) is 5.41 Å².